The smallest absolute Gasteiger partial charge is 0.416 e. The maximum absolute atomic E-state index is 14.2. The summed E-state index contributed by atoms with van der Waals surface area (Å²) in [4.78, 5) is 76.1. The van der Waals surface area contributed by atoms with Gasteiger partial charge in [0.2, 0.25) is 11.8 Å². The Bertz CT molecular complexity index is 3650. The van der Waals surface area contributed by atoms with Crippen molar-refractivity contribution < 1.29 is 74.0 Å². The minimum absolute atomic E-state index is 0.0323. The van der Waals surface area contributed by atoms with E-state index in [1.807, 2.05) is 85.9 Å². The van der Waals surface area contributed by atoms with Gasteiger partial charge in [0, 0.05) is 94.6 Å². The third-order valence-electron chi connectivity index (χ3n) is 19.6. The van der Waals surface area contributed by atoms with E-state index in [0.29, 0.717) is 113 Å². The lowest BCUT2D eigenvalue weighted by Gasteiger charge is -2.44. The average Bonchev–Trinajstić information content (AvgIpc) is 1.58. The zero-order chi connectivity index (χ0) is 69.6. The number of nitrogens with one attached hydrogen (secondary N) is 2. The van der Waals surface area contributed by atoms with Crippen molar-refractivity contribution in [3.63, 3.8) is 0 Å². The van der Waals surface area contributed by atoms with Crippen molar-refractivity contribution in [3.8, 4) is 11.1 Å². The van der Waals surface area contributed by atoms with Gasteiger partial charge in [-0.15, -0.1) is 0 Å². The van der Waals surface area contributed by atoms with Gasteiger partial charge in [-0.2, -0.15) is 26.3 Å². The van der Waals surface area contributed by atoms with Gasteiger partial charge in [0.05, 0.1) is 36.1 Å². The standard InChI is InChI=1S/C74H85F7N8O9/c1-84(35-13-43-96-69(93)83-60-27-21-52(22-28-60)48-82-34-12-4-7-20-66(90)85(2)41-42-86-36-29-61(30-37-86)89(70(94)95)64-19-11-9-17-62(64)53-14-5-3-6-15-53)67(91)49-97-65-46-54-16-8-10-18-63(54)71(65)31-38-87(39-32-71)40-33-72(56-23-25-59(75)26-24-56)50-88(51-98-72)68(92)55-44-57(73(76,77)78)47-58(45-55)74(79,80)81/h3,5-6,8-11,14-19,21-28,44-45,47,61,65,82H,4,7,12-13,20,29-43,46,48-51H2,1-2H3,(H,83,93)(H,94,95)/t65-,72-/m0/s1. The van der Waals surface area contributed by atoms with Crippen molar-refractivity contribution in [3.05, 3.63) is 190 Å². The Morgan fingerprint density at radius 3 is 2.05 bits per heavy atom. The number of ether oxygens (including phenoxy) is 3. The highest BCUT2D eigenvalue weighted by Gasteiger charge is 2.50. The summed E-state index contributed by atoms with van der Waals surface area (Å²) in [6.07, 6.45) is -5.16. The summed E-state index contributed by atoms with van der Waals surface area (Å²) < 4.78 is 115. The van der Waals surface area contributed by atoms with E-state index in [1.165, 1.54) is 29.2 Å². The highest BCUT2D eigenvalue weighted by atomic mass is 19.4. The molecule has 6 aromatic rings. The third-order valence-corrected chi connectivity index (χ3v) is 19.6. The van der Waals surface area contributed by atoms with Crippen LogP contribution in [-0.2, 0) is 60.1 Å². The van der Waals surface area contributed by atoms with E-state index in [0.717, 1.165) is 78.2 Å². The molecule has 98 heavy (non-hydrogen) atoms. The summed E-state index contributed by atoms with van der Waals surface area (Å²) in [5.41, 5.74) is 1.21. The number of para-hydroxylation sites is 1. The van der Waals surface area contributed by atoms with Crippen molar-refractivity contribution in [2.24, 2.45) is 0 Å². The van der Waals surface area contributed by atoms with Crippen LogP contribution >= 0.6 is 0 Å². The van der Waals surface area contributed by atoms with Crippen LogP contribution in [0.15, 0.2) is 146 Å². The number of fused-ring (bicyclic) bond motifs is 2. The lowest BCUT2D eigenvalue weighted by molar-refractivity contribution is -0.143. The number of unbranched alkanes of at least 4 members (excludes halogenated alkanes) is 2. The number of amides is 5. The highest BCUT2D eigenvalue weighted by Crippen LogP contribution is 2.49. The Morgan fingerprint density at radius 1 is 0.704 bits per heavy atom. The summed E-state index contributed by atoms with van der Waals surface area (Å²) in [7, 11) is 3.51. The molecular weight excluding hydrogens is 1280 g/mol. The Morgan fingerprint density at radius 2 is 1.36 bits per heavy atom. The fourth-order valence-electron chi connectivity index (χ4n) is 14.0. The number of benzene rings is 6. The normalized spacial score (nSPS) is 18.1. The van der Waals surface area contributed by atoms with Crippen LogP contribution in [0, 0.1) is 5.82 Å². The first-order chi connectivity index (χ1) is 47.0. The van der Waals surface area contributed by atoms with Gasteiger partial charge in [0.1, 0.15) is 24.8 Å². The van der Waals surface area contributed by atoms with Crippen molar-refractivity contribution in [1.82, 2.24) is 29.8 Å². The van der Waals surface area contributed by atoms with Crippen molar-refractivity contribution >= 4 is 41.3 Å². The number of hydrogen-bond acceptors (Lipinski definition) is 11. The number of rotatable bonds is 27. The van der Waals surface area contributed by atoms with E-state index in [-0.39, 0.29) is 56.2 Å². The summed E-state index contributed by atoms with van der Waals surface area (Å²) in [6, 6.07) is 39.1. The Kier molecular flexibility index (Phi) is 24.0. The minimum atomic E-state index is -5.15. The molecule has 10 rings (SSSR count). The molecule has 1 spiro atoms. The van der Waals surface area contributed by atoms with Crippen LogP contribution in [-0.4, -0.2) is 171 Å². The Labute approximate surface area is 566 Å². The second-order valence-corrected chi connectivity index (χ2v) is 26.0. The van der Waals surface area contributed by atoms with Crippen LogP contribution in [0.1, 0.15) is 108 Å². The molecule has 0 radical (unpaired) electrons. The van der Waals surface area contributed by atoms with Gasteiger partial charge in [0.15, 0.2) is 0 Å². The molecule has 2 atom stereocenters. The van der Waals surface area contributed by atoms with Gasteiger partial charge >= 0.3 is 24.5 Å². The molecule has 3 N–H and O–H groups in total. The zero-order valence-corrected chi connectivity index (χ0v) is 55.2. The van der Waals surface area contributed by atoms with Crippen LogP contribution in [0.4, 0.5) is 51.7 Å². The average molecular weight is 1360 g/mol. The van der Waals surface area contributed by atoms with Gasteiger partial charge in [-0.1, -0.05) is 103 Å². The molecular formula is C74H85F7N8O9. The van der Waals surface area contributed by atoms with Crippen LogP contribution < -0.4 is 15.5 Å². The van der Waals surface area contributed by atoms with Crippen LogP contribution in [0.3, 0.4) is 0 Å². The zero-order valence-electron chi connectivity index (χ0n) is 55.2. The summed E-state index contributed by atoms with van der Waals surface area (Å²) in [5.74, 6) is -1.74. The molecule has 17 nitrogen and oxygen atoms in total. The van der Waals surface area contributed by atoms with E-state index in [4.69, 9.17) is 14.2 Å². The quantitative estimate of drug-likeness (QED) is 0.0329. The molecule has 0 unspecified atom stereocenters. The molecule has 6 aromatic carbocycles. The third kappa shape index (κ3) is 18.3. The van der Waals surface area contributed by atoms with Crippen molar-refractivity contribution in [2.45, 2.75) is 113 Å². The largest absolute Gasteiger partial charge is 0.465 e. The Balaban J connectivity index is 0.591. The summed E-state index contributed by atoms with van der Waals surface area (Å²) in [5, 5.41) is 16.5. The summed E-state index contributed by atoms with van der Waals surface area (Å²) in [6.45, 7) is 5.42. The minimum Gasteiger partial charge on any atom is -0.465 e. The first-order valence-corrected chi connectivity index (χ1v) is 33.5. The van der Waals surface area contributed by atoms with Crippen LogP contribution in [0.2, 0.25) is 0 Å². The second-order valence-electron chi connectivity index (χ2n) is 26.0. The van der Waals surface area contributed by atoms with E-state index in [2.05, 4.69) is 32.6 Å². The van der Waals surface area contributed by atoms with Crippen LogP contribution in [0.5, 0.6) is 0 Å². The number of likely N-dealkylation sites (tertiary alicyclic amines) is 2. The molecule has 3 fully saturated rings. The first-order valence-electron chi connectivity index (χ1n) is 33.5. The fourth-order valence-corrected chi connectivity index (χ4v) is 14.0. The SMILES string of the molecule is CN(CCN1CCC(N(C(=O)O)c2ccccc2-c2ccccc2)CC1)C(=O)CCCCCNCc1ccc(NC(=O)OCCCN(C)C(=O)CO[C@H]2Cc3ccccc3C23CCN(CC[C@@]2(c4ccc(F)cc4)CN(C(=O)c4cc(C(F)(F)F)cc(C(F)(F)F)c4)CO2)CC3)cc1. The molecule has 3 saturated heterocycles. The molecule has 524 valence electrons. The molecule has 4 aliphatic rings. The highest BCUT2D eigenvalue weighted by molar-refractivity contribution is 5.95. The van der Waals surface area contributed by atoms with E-state index in [9.17, 15) is 59.8 Å². The molecule has 0 saturated carbocycles. The van der Waals surface area contributed by atoms with Gasteiger partial charge in [-0.25, -0.2) is 14.0 Å². The molecule has 24 heteroatoms. The number of anilines is 2. The number of carboxylic acid groups (broad SMARTS) is 1. The predicted molar refractivity (Wildman–Crippen MR) is 357 cm³/mol. The van der Waals surface area contributed by atoms with E-state index >= 15 is 0 Å². The first kappa shape index (κ1) is 72.3. The van der Waals surface area contributed by atoms with E-state index < -0.39 is 70.7 Å². The monoisotopic (exact) mass is 1360 g/mol. The number of nitrogens with zero attached hydrogens (tertiary/aromatic N) is 6. The summed E-state index contributed by atoms with van der Waals surface area (Å²) >= 11 is 0. The van der Waals surface area contributed by atoms with Gasteiger partial charge in [0.25, 0.3) is 5.91 Å². The molecule has 1 aliphatic carbocycles. The van der Waals surface area contributed by atoms with Gasteiger partial charge in [-0.3, -0.25) is 24.6 Å². The van der Waals surface area contributed by atoms with Gasteiger partial charge < -0.3 is 49.1 Å². The molecule has 3 aliphatic heterocycles. The lowest BCUT2D eigenvalue weighted by atomic mass is 9.72. The second kappa shape index (κ2) is 32.5. The maximum atomic E-state index is 14.2. The van der Waals surface area contributed by atoms with Gasteiger partial charge in [-0.05, 0) is 154 Å². The van der Waals surface area contributed by atoms with E-state index in [1.54, 1.807) is 29.0 Å². The number of hydrogen-bond donors (Lipinski definition) is 3. The molecule has 3 heterocycles. The fraction of sp³-hybridized carbons (Fsp3) is 0.446. The number of likely N-dealkylation sites (N-methyl/N-ethyl adjacent to an activating group) is 2. The number of halogens is 7. The topological polar surface area (TPSA) is 177 Å². The van der Waals surface area contributed by atoms with Crippen LogP contribution in [0.25, 0.3) is 11.1 Å². The molecule has 5 amide bonds. The predicted octanol–water partition coefficient (Wildman–Crippen LogP) is 13.1. The molecule has 0 bridgehead atoms. The molecule has 0 aromatic heterocycles. The van der Waals surface area contributed by atoms with Crippen molar-refractivity contribution in [1.29, 1.82) is 0 Å². The number of carbonyl (C=O) groups is 5. The number of alkyl halides is 6. The lowest BCUT2D eigenvalue weighted by Crippen LogP contribution is -2.50. The maximum Gasteiger partial charge on any atom is 0.416 e. The Hall–Kier alpha value is -8.42. The number of piperidine rings is 2. The number of carbonyl (C=O) groups excluding carboxylic acids is 4. The van der Waals surface area contributed by atoms with Crippen molar-refractivity contribution in [2.75, 3.05) is 110 Å².